The van der Waals surface area contributed by atoms with E-state index in [1.54, 1.807) is 12.4 Å². The molecule has 0 spiro atoms. The Hall–Kier alpha value is -2.33. The standard InChI is InChI=1S/C14H13N3O/c18-9-13-14(16-10-5-7-15-8-6-10)11-3-1-2-4-12(11)17-13/h1-8,17-18H,9H2,(H,15,16). The topological polar surface area (TPSA) is 60.9 Å². The summed E-state index contributed by atoms with van der Waals surface area (Å²) >= 11 is 0. The average molecular weight is 239 g/mol. The number of benzene rings is 1. The number of aromatic nitrogens is 2. The smallest absolute Gasteiger partial charge is 0.0852 e. The second kappa shape index (κ2) is 4.50. The minimum absolute atomic E-state index is 0.0257. The number of nitrogens with one attached hydrogen (secondary N) is 2. The summed E-state index contributed by atoms with van der Waals surface area (Å²) < 4.78 is 0. The fourth-order valence-corrected chi connectivity index (χ4v) is 2.04. The summed E-state index contributed by atoms with van der Waals surface area (Å²) in [5.74, 6) is 0. The quantitative estimate of drug-likeness (QED) is 0.658. The zero-order valence-electron chi connectivity index (χ0n) is 9.72. The number of para-hydroxylation sites is 1. The zero-order chi connectivity index (χ0) is 12.4. The van der Waals surface area contributed by atoms with Crippen LogP contribution in [0.4, 0.5) is 11.4 Å². The van der Waals surface area contributed by atoms with Crippen LogP contribution in [0.2, 0.25) is 0 Å². The van der Waals surface area contributed by atoms with Gasteiger partial charge in [0.15, 0.2) is 0 Å². The van der Waals surface area contributed by atoms with E-state index in [2.05, 4.69) is 15.3 Å². The number of rotatable bonds is 3. The van der Waals surface area contributed by atoms with E-state index in [0.29, 0.717) is 0 Å². The highest BCUT2D eigenvalue weighted by molar-refractivity contribution is 5.96. The Morgan fingerprint density at radius 3 is 2.67 bits per heavy atom. The van der Waals surface area contributed by atoms with Crippen molar-refractivity contribution in [1.82, 2.24) is 9.97 Å². The van der Waals surface area contributed by atoms with Gasteiger partial charge in [-0.2, -0.15) is 0 Å². The molecule has 0 aliphatic heterocycles. The number of pyridine rings is 1. The van der Waals surface area contributed by atoms with Gasteiger partial charge in [0, 0.05) is 29.0 Å². The van der Waals surface area contributed by atoms with Gasteiger partial charge in [-0.3, -0.25) is 4.98 Å². The van der Waals surface area contributed by atoms with Gasteiger partial charge in [0.1, 0.15) is 0 Å². The summed E-state index contributed by atoms with van der Waals surface area (Å²) in [6, 6.07) is 11.7. The maximum Gasteiger partial charge on any atom is 0.0852 e. The second-order valence-corrected chi connectivity index (χ2v) is 4.04. The van der Waals surface area contributed by atoms with E-state index >= 15 is 0 Å². The van der Waals surface area contributed by atoms with E-state index in [9.17, 15) is 5.11 Å². The lowest BCUT2D eigenvalue weighted by atomic mass is 10.2. The zero-order valence-corrected chi connectivity index (χ0v) is 9.72. The van der Waals surface area contributed by atoms with Crippen LogP contribution in [0, 0.1) is 0 Å². The minimum Gasteiger partial charge on any atom is -0.390 e. The van der Waals surface area contributed by atoms with Crippen LogP contribution >= 0.6 is 0 Å². The Bertz CT molecular complexity index is 661. The molecule has 2 aromatic heterocycles. The largest absolute Gasteiger partial charge is 0.390 e. The van der Waals surface area contributed by atoms with Crippen LogP contribution in [0.1, 0.15) is 5.69 Å². The number of aliphatic hydroxyl groups is 1. The third kappa shape index (κ3) is 1.83. The third-order valence-corrected chi connectivity index (χ3v) is 2.89. The minimum atomic E-state index is -0.0257. The maximum atomic E-state index is 9.41. The summed E-state index contributed by atoms with van der Waals surface area (Å²) in [5, 5.41) is 13.8. The van der Waals surface area contributed by atoms with Crippen molar-refractivity contribution in [2.75, 3.05) is 5.32 Å². The summed E-state index contributed by atoms with van der Waals surface area (Å²) in [4.78, 5) is 7.19. The lowest BCUT2D eigenvalue weighted by molar-refractivity contribution is 0.278. The van der Waals surface area contributed by atoms with Crippen molar-refractivity contribution >= 4 is 22.3 Å². The van der Waals surface area contributed by atoms with Crippen molar-refractivity contribution in [1.29, 1.82) is 0 Å². The lowest BCUT2D eigenvalue weighted by Crippen LogP contribution is -1.94. The van der Waals surface area contributed by atoms with Crippen molar-refractivity contribution in [3.05, 3.63) is 54.5 Å². The SMILES string of the molecule is OCc1[nH]c2ccccc2c1Nc1ccncc1. The highest BCUT2D eigenvalue weighted by Gasteiger charge is 2.10. The molecule has 18 heavy (non-hydrogen) atoms. The van der Waals surface area contributed by atoms with Gasteiger partial charge in [-0.1, -0.05) is 18.2 Å². The molecule has 1 aromatic carbocycles. The van der Waals surface area contributed by atoms with Crippen LogP contribution in [-0.4, -0.2) is 15.1 Å². The number of aliphatic hydroxyl groups excluding tert-OH is 1. The van der Waals surface area contributed by atoms with Crippen molar-refractivity contribution in [3.8, 4) is 0 Å². The molecule has 0 saturated carbocycles. The number of hydrogen-bond donors (Lipinski definition) is 3. The third-order valence-electron chi connectivity index (χ3n) is 2.89. The van der Waals surface area contributed by atoms with Crippen molar-refractivity contribution in [2.24, 2.45) is 0 Å². The van der Waals surface area contributed by atoms with Gasteiger partial charge in [-0.05, 0) is 18.2 Å². The monoisotopic (exact) mass is 239 g/mol. The molecule has 0 aliphatic carbocycles. The lowest BCUT2D eigenvalue weighted by Gasteiger charge is -2.06. The predicted molar refractivity (Wildman–Crippen MR) is 71.7 cm³/mol. The first-order chi connectivity index (χ1) is 8.88. The highest BCUT2D eigenvalue weighted by Crippen LogP contribution is 2.30. The first kappa shape index (κ1) is 10.8. The van der Waals surface area contributed by atoms with Gasteiger partial charge in [-0.15, -0.1) is 0 Å². The molecule has 0 amide bonds. The number of fused-ring (bicyclic) bond motifs is 1. The van der Waals surface area contributed by atoms with Gasteiger partial charge in [0.25, 0.3) is 0 Å². The van der Waals surface area contributed by atoms with Crippen LogP contribution in [0.25, 0.3) is 10.9 Å². The van der Waals surface area contributed by atoms with Crippen molar-refractivity contribution < 1.29 is 5.11 Å². The van der Waals surface area contributed by atoms with Gasteiger partial charge in [0.05, 0.1) is 18.0 Å². The molecule has 0 radical (unpaired) electrons. The molecule has 90 valence electrons. The summed E-state index contributed by atoms with van der Waals surface area (Å²) in [5.41, 5.74) is 3.66. The Labute approximate surface area is 104 Å². The molecule has 0 unspecified atom stereocenters. The van der Waals surface area contributed by atoms with Gasteiger partial charge >= 0.3 is 0 Å². The molecule has 0 bridgehead atoms. The van der Waals surface area contributed by atoms with E-state index in [0.717, 1.165) is 28.0 Å². The van der Waals surface area contributed by atoms with Gasteiger partial charge in [-0.25, -0.2) is 0 Å². The molecule has 3 aromatic rings. The predicted octanol–water partition coefficient (Wildman–Crippen LogP) is 2.80. The number of nitrogens with zero attached hydrogens (tertiary/aromatic N) is 1. The molecule has 0 atom stereocenters. The molecule has 0 aliphatic rings. The second-order valence-electron chi connectivity index (χ2n) is 4.04. The molecule has 0 fully saturated rings. The Kier molecular flexibility index (Phi) is 2.70. The van der Waals surface area contributed by atoms with E-state index in [1.165, 1.54) is 0 Å². The number of anilines is 2. The molecule has 3 rings (SSSR count). The highest BCUT2D eigenvalue weighted by atomic mass is 16.3. The first-order valence-electron chi connectivity index (χ1n) is 5.76. The first-order valence-corrected chi connectivity index (χ1v) is 5.76. The molecule has 0 saturated heterocycles. The summed E-state index contributed by atoms with van der Waals surface area (Å²) in [6.45, 7) is -0.0257. The molecule has 4 nitrogen and oxygen atoms in total. The number of hydrogen-bond acceptors (Lipinski definition) is 3. The molecule has 2 heterocycles. The van der Waals surface area contributed by atoms with Crippen LogP contribution < -0.4 is 5.32 Å². The molecular weight excluding hydrogens is 226 g/mol. The number of H-pyrrole nitrogens is 1. The van der Waals surface area contributed by atoms with Crippen molar-refractivity contribution in [2.45, 2.75) is 6.61 Å². The maximum absolute atomic E-state index is 9.41. The van der Waals surface area contributed by atoms with E-state index in [1.807, 2.05) is 36.4 Å². The molecular formula is C14H13N3O. The van der Waals surface area contributed by atoms with Crippen LogP contribution in [-0.2, 0) is 6.61 Å². The summed E-state index contributed by atoms with van der Waals surface area (Å²) in [6.07, 6.45) is 3.46. The van der Waals surface area contributed by atoms with E-state index < -0.39 is 0 Å². The summed E-state index contributed by atoms with van der Waals surface area (Å²) in [7, 11) is 0. The van der Waals surface area contributed by atoms with E-state index in [-0.39, 0.29) is 6.61 Å². The van der Waals surface area contributed by atoms with Crippen LogP contribution in [0.15, 0.2) is 48.8 Å². The Morgan fingerprint density at radius 2 is 1.89 bits per heavy atom. The number of aromatic amines is 1. The molecule has 4 heteroatoms. The van der Waals surface area contributed by atoms with E-state index in [4.69, 9.17) is 0 Å². The van der Waals surface area contributed by atoms with Gasteiger partial charge < -0.3 is 15.4 Å². The van der Waals surface area contributed by atoms with Crippen LogP contribution in [0.5, 0.6) is 0 Å². The fraction of sp³-hybridized carbons (Fsp3) is 0.0714. The van der Waals surface area contributed by atoms with Crippen LogP contribution in [0.3, 0.4) is 0 Å². The normalized spacial score (nSPS) is 10.7. The van der Waals surface area contributed by atoms with Crippen molar-refractivity contribution in [3.63, 3.8) is 0 Å². The molecule has 3 N–H and O–H groups in total. The fourth-order valence-electron chi connectivity index (χ4n) is 2.04. The van der Waals surface area contributed by atoms with Gasteiger partial charge in [0.2, 0.25) is 0 Å². The Balaban J connectivity index is 2.10. The average Bonchev–Trinajstić information content (AvgIpc) is 2.78. The Morgan fingerprint density at radius 1 is 1.11 bits per heavy atom.